The number of aliphatic hydroxyl groups is 1. The lowest BCUT2D eigenvalue weighted by Crippen LogP contribution is -2.39. The van der Waals surface area contributed by atoms with Gasteiger partial charge in [-0.05, 0) is 43.0 Å². The van der Waals surface area contributed by atoms with E-state index >= 15 is 0 Å². The van der Waals surface area contributed by atoms with Gasteiger partial charge in [0.05, 0.1) is 13.7 Å². The van der Waals surface area contributed by atoms with E-state index in [1.54, 1.807) is 31.2 Å². The minimum atomic E-state index is -3.98. The summed E-state index contributed by atoms with van der Waals surface area (Å²) in [5.41, 5.74) is 1.53. The third-order valence-corrected chi connectivity index (χ3v) is 8.16. The maximum absolute atomic E-state index is 13.4. The summed E-state index contributed by atoms with van der Waals surface area (Å²) >= 11 is 1.19. The number of nitrogens with one attached hydrogen (secondary N) is 1. The maximum atomic E-state index is 13.4. The summed E-state index contributed by atoms with van der Waals surface area (Å²) in [7, 11) is 0.165. The highest BCUT2D eigenvalue weighted by atomic mass is 32.2. The maximum Gasteiger partial charge on any atom is 0.303 e. The fourth-order valence-corrected chi connectivity index (χ4v) is 5.10. The first-order chi connectivity index (χ1) is 18.0. The zero-order valence-electron chi connectivity index (χ0n) is 21.7. The number of benzene rings is 2. The Morgan fingerprint density at radius 3 is 2.37 bits per heavy atom. The summed E-state index contributed by atoms with van der Waals surface area (Å²) in [5, 5.41) is 11.3. The first-order valence-corrected chi connectivity index (χ1v) is 14.1. The molecule has 3 aromatic rings. The van der Waals surface area contributed by atoms with E-state index in [0.29, 0.717) is 34.2 Å². The van der Waals surface area contributed by atoms with E-state index in [1.165, 1.54) is 37.4 Å². The quantitative estimate of drug-likeness (QED) is 0.348. The van der Waals surface area contributed by atoms with E-state index in [4.69, 9.17) is 4.74 Å². The molecular formula is C26H32N4O6S2. The molecule has 0 spiro atoms. The summed E-state index contributed by atoms with van der Waals surface area (Å²) in [5.74, 6) is -0.746. The molecular weight excluding hydrogens is 528 g/mol. The zero-order chi connectivity index (χ0) is 27.9. The molecule has 0 fully saturated rings. The number of thiazole rings is 1. The van der Waals surface area contributed by atoms with Crippen LogP contribution in [0.1, 0.15) is 44.0 Å². The number of hydrogen-bond donors (Lipinski definition) is 2. The Morgan fingerprint density at radius 2 is 1.76 bits per heavy atom. The van der Waals surface area contributed by atoms with Crippen molar-refractivity contribution >= 4 is 33.4 Å². The molecule has 0 bridgehead atoms. The molecule has 1 atom stereocenters. The fourth-order valence-electron chi connectivity index (χ4n) is 3.64. The number of aliphatic hydroxyl groups excluding tert-OH is 1. The first kappa shape index (κ1) is 29.2. The van der Waals surface area contributed by atoms with Crippen LogP contribution < -0.4 is 9.46 Å². The molecule has 1 aromatic heterocycles. The number of aromatic nitrogens is 1. The van der Waals surface area contributed by atoms with Crippen molar-refractivity contribution in [1.29, 1.82) is 0 Å². The predicted octanol–water partition coefficient (Wildman–Crippen LogP) is 2.69. The third-order valence-electron chi connectivity index (χ3n) is 5.80. The molecule has 2 aromatic carbocycles. The SMILES string of the molecule is COc1ccc(C(O)C(=O)N(CCCc2ccccc2)Cc2nc(C(=O)NS(=O)(=O)N(C)C)c(C)s2)cc1. The largest absolute Gasteiger partial charge is 0.497 e. The van der Waals surface area contributed by atoms with Gasteiger partial charge in [0.2, 0.25) is 0 Å². The smallest absolute Gasteiger partial charge is 0.303 e. The first-order valence-electron chi connectivity index (χ1n) is 11.9. The van der Waals surface area contributed by atoms with Crippen molar-refractivity contribution in [2.45, 2.75) is 32.4 Å². The molecule has 0 radical (unpaired) electrons. The van der Waals surface area contributed by atoms with Crippen molar-refractivity contribution in [2.24, 2.45) is 0 Å². The Morgan fingerprint density at radius 1 is 1.11 bits per heavy atom. The van der Waals surface area contributed by atoms with E-state index < -0.39 is 28.1 Å². The summed E-state index contributed by atoms with van der Waals surface area (Å²) in [6.45, 7) is 2.06. The van der Waals surface area contributed by atoms with E-state index in [1.807, 2.05) is 35.1 Å². The number of carbonyl (C=O) groups is 2. The van der Waals surface area contributed by atoms with Crippen LogP contribution in [0.25, 0.3) is 0 Å². The van der Waals surface area contributed by atoms with Crippen LogP contribution in [0.2, 0.25) is 0 Å². The van der Waals surface area contributed by atoms with Crippen LogP contribution in [0.4, 0.5) is 0 Å². The van der Waals surface area contributed by atoms with Crippen LogP contribution in [0.5, 0.6) is 5.75 Å². The molecule has 12 heteroatoms. The number of carbonyl (C=O) groups excluding carboxylic acids is 2. The van der Waals surface area contributed by atoms with E-state index in [-0.39, 0.29) is 12.2 Å². The summed E-state index contributed by atoms with van der Waals surface area (Å²) in [6.07, 6.45) is -0.0215. The van der Waals surface area contributed by atoms with E-state index in [9.17, 15) is 23.1 Å². The van der Waals surface area contributed by atoms with Crippen LogP contribution in [0.15, 0.2) is 54.6 Å². The Kier molecular flexibility index (Phi) is 9.97. The average molecular weight is 561 g/mol. The fraction of sp³-hybridized carbons (Fsp3) is 0.346. The zero-order valence-corrected chi connectivity index (χ0v) is 23.4. The number of ether oxygens (including phenoxy) is 1. The minimum Gasteiger partial charge on any atom is -0.497 e. The van der Waals surface area contributed by atoms with Crippen LogP contribution in [0.3, 0.4) is 0 Å². The molecule has 0 aliphatic heterocycles. The van der Waals surface area contributed by atoms with Crippen molar-refractivity contribution in [3.8, 4) is 5.75 Å². The van der Waals surface area contributed by atoms with Gasteiger partial charge in [0.1, 0.15) is 16.5 Å². The average Bonchev–Trinajstić information content (AvgIpc) is 3.27. The van der Waals surface area contributed by atoms with Crippen LogP contribution >= 0.6 is 11.3 Å². The molecule has 0 saturated carbocycles. The molecule has 204 valence electrons. The van der Waals surface area contributed by atoms with Crippen molar-refractivity contribution < 1.29 is 27.9 Å². The lowest BCUT2D eigenvalue weighted by molar-refractivity contribution is -0.141. The Balaban J connectivity index is 1.80. The van der Waals surface area contributed by atoms with Crippen molar-refractivity contribution in [1.82, 2.24) is 18.9 Å². The van der Waals surface area contributed by atoms with Gasteiger partial charge in [0.15, 0.2) is 6.10 Å². The van der Waals surface area contributed by atoms with E-state index in [0.717, 1.165) is 16.3 Å². The summed E-state index contributed by atoms with van der Waals surface area (Å²) in [4.78, 5) is 32.3. The molecule has 0 aliphatic rings. The molecule has 0 aliphatic carbocycles. The second-order valence-corrected chi connectivity index (χ2v) is 11.9. The molecule has 1 unspecified atom stereocenters. The molecule has 38 heavy (non-hydrogen) atoms. The molecule has 0 saturated heterocycles. The molecule has 1 heterocycles. The molecule has 2 N–H and O–H groups in total. The minimum absolute atomic E-state index is 0.0252. The molecule has 3 rings (SSSR count). The van der Waals surface area contributed by atoms with Gasteiger partial charge in [-0.25, -0.2) is 9.71 Å². The molecule has 10 nitrogen and oxygen atoms in total. The summed E-state index contributed by atoms with van der Waals surface area (Å²) in [6, 6.07) is 16.5. The van der Waals surface area contributed by atoms with Crippen molar-refractivity contribution in [3.63, 3.8) is 0 Å². The highest BCUT2D eigenvalue weighted by molar-refractivity contribution is 7.87. The standard InChI is InChI=1S/C26H32N4O6S2/c1-18-23(25(32)28-38(34,35)29(2)3)27-22(37-18)17-30(16-8-11-19-9-6-5-7-10-19)26(33)24(31)20-12-14-21(36-4)15-13-20/h5-7,9-10,12-15,24,31H,8,11,16-17H2,1-4H3,(H,28,32). The van der Waals surface area contributed by atoms with Gasteiger partial charge >= 0.3 is 10.2 Å². The van der Waals surface area contributed by atoms with Gasteiger partial charge in [0.25, 0.3) is 11.8 Å². The second-order valence-electron chi connectivity index (χ2n) is 8.76. The Bertz CT molecular complexity index is 1340. The Labute approximate surface area is 227 Å². The van der Waals surface area contributed by atoms with E-state index in [2.05, 4.69) is 4.98 Å². The number of aryl methyl sites for hydroxylation is 2. The third kappa shape index (κ3) is 7.60. The van der Waals surface area contributed by atoms with Crippen molar-refractivity contribution in [2.75, 3.05) is 27.7 Å². The van der Waals surface area contributed by atoms with Crippen LogP contribution in [-0.4, -0.2) is 67.3 Å². The van der Waals surface area contributed by atoms with Gasteiger partial charge in [-0.2, -0.15) is 12.7 Å². The Hall–Kier alpha value is -3.32. The summed E-state index contributed by atoms with van der Waals surface area (Å²) < 4.78 is 32.1. The number of nitrogens with zero attached hydrogens (tertiary/aromatic N) is 3. The highest BCUT2D eigenvalue weighted by Crippen LogP contribution is 2.24. The van der Waals surface area contributed by atoms with Gasteiger partial charge in [0, 0.05) is 25.5 Å². The van der Waals surface area contributed by atoms with Gasteiger partial charge in [-0.15, -0.1) is 11.3 Å². The topological polar surface area (TPSA) is 129 Å². The monoisotopic (exact) mass is 560 g/mol. The van der Waals surface area contributed by atoms with Crippen LogP contribution in [0, 0.1) is 6.92 Å². The van der Waals surface area contributed by atoms with Gasteiger partial charge < -0.3 is 14.7 Å². The van der Waals surface area contributed by atoms with Crippen LogP contribution in [-0.2, 0) is 28.0 Å². The predicted molar refractivity (Wildman–Crippen MR) is 145 cm³/mol. The lowest BCUT2D eigenvalue weighted by atomic mass is 10.1. The van der Waals surface area contributed by atoms with Gasteiger partial charge in [-0.1, -0.05) is 42.5 Å². The lowest BCUT2D eigenvalue weighted by Gasteiger charge is -2.25. The van der Waals surface area contributed by atoms with Crippen molar-refractivity contribution in [3.05, 3.63) is 81.3 Å². The second kappa shape index (κ2) is 13.0. The highest BCUT2D eigenvalue weighted by Gasteiger charge is 2.27. The molecule has 2 amide bonds. The number of hydrogen-bond acceptors (Lipinski definition) is 8. The van der Waals surface area contributed by atoms with Gasteiger partial charge in [-0.3, -0.25) is 9.59 Å². The number of amides is 2. The normalized spacial score (nSPS) is 12.3. The number of methoxy groups -OCH3 is 1. The number of rotatable bonds is 12.